The maximum Gasteiger partial charge on any atom is 0.262 e. The highest BCUT2D eigenvalue weighted by molar-refractivity contribution is 6.07. The van der Waals surface area contributed by atoms with Gasteiger partial charge in [-0.15, -0.1) is 0 Å². The van der Waals surface area contributed by atoms with Crippen LogP contribution in [0.4, 0.5) is 11.4 Å². The Hall–Kier alpha value is -3.80. The van der Waals surface area contributed by atoms with Gasteiger partial charge in [0.2, 0.25) is 0 Å². The van der Waals surface area contributed by atoms with Crippen molar-refractivity contribution in [2.75, 3.05) is 30.5 Å². The average molecular weight is 416 g/mol. The lowest BCUT2D eigenvalue weighted by molar-refractivity contribution is -0.118. The molecule has 0 bridgehead atoms. The second-order valence-corrected chi connectivity index (χ2v) is 7.26. The van der Waals surface area contributed by atoms with Crippen LogP contribution in [0.5, 0.6) is 11.5 Å². The molecule has 1 aliphatic heterocycles. The third kappa shape index (κ3) is 4.69. The Morgan fingerprint density at radius 3 is 2.48 bits per heavy atom. The molecule has 0 aromatic heterocycles. The number of nitrogens with one attached hydrogen (secondary N) is 1. The molecule has 1 aliphatic rings. The van der Waals surface area contributed by atoms with Crippen LogP contribution in [-0.2, 0) is 11.2 Å². The minimum Gasteiger partial charge on any atom is -0.493 e. The average Bonchev–Trinajstić information content (AvgIpc) is 2.82. The number of carbonyl (C=O) groups is 2. The molecule has 1 heterocycles. The summed E-state index contributed by atoms with van der Waals surface area (Å²) in [5, 5.41) is 2.87. The Labute approximate surface area is 181 Å². The van der Waals surface area contributed by atoms with Crippen molar-refractivity contribution >= 4 is 23.2 Å². The number of amides is 2. The molecule has 0 saturated heterocycles. The van der Waals surface area contributed by atoms with Crippen LogP contribution in [0.2, 0.25) is 0 Å². The second kappa shape index (κ2) is 9.34. The van der Waals surface area contributed by atoms with Crippen molar-refractivity contribution in [3.63, 3.8) is 0 Å². The van der Waals surface area contributed by atoms with Gasteiger partial charge in [0.15, 0.2) is 18.1 Å². The lowest BCUT2D eigenvalue weighted by Gasteiger charge is -2.30. The summed E-state index contributed by atoms with van der Waals surface area (Å²) in [7, 11) is 1.56. The monoisotopic (exact) mass is 416 g/mol. The molecule has 0 atom stereocenters. The molecule has 158 valence electrons. The molecule has 4 rings (SSSR count). The lowest BCUT2D eigenvalue weighted by atomic mass is 10.00. The molecule has 6 heteroatoms. The minimum atomic E-state index is -0.265. The van der Waals surface area contributed by atoms with Crippen molar-refractivity contribution in [3.05, 3.63) is 83.9 Å². The van der Waals surface area contributed by atoms with Crippen molar-refractivity contribution in [3.8, 4) is 11.5 Å². The Morgan fingerprint density at radius 2 is 1.71 bits per heavy atom. The van der Waals surface area contributed by atoms with Crippen molar-refractivity contribution in [2.24, 2.45) is 0 Å². The van der Waals surface area contributed by atoms with Crippen molar-refractivity contribution in [1.82, 2.24) is 0 Å². The number of fused-ring (bicyclic) bond motifs is 1. The number of ether oxygens (including phenoxy) is 2. The van der Waals surface area contributed by atoms with Crippen LogP contribution in [-0.4, -0.2) is 32.1 Å². The topological polar surface area (TPSA) is 67.9 Å². The van der Waals surface area contributed by atoms with Gasteiger partial charge in [-0.3, -0.25) is 9.59 Å². The number of nitrogens with zero attached hydrogens (tertiary/aromatic N) is 1. The van der Waals surface area contributed by atoms with Crippen LogP contribution < -0.4 is 19.7 Å². The van der Waals surface area contributed by atoms with E-state index < -0.39 is 0 Å². The molecule has 0 fully saturated rings. The molecule has 0 unspecified atom stereocenters. The highest BCUT2D eigenvalue weighted by atomic mass is 16.5. The maximum atomic E-state index is 12.9. The Balaban J connectivity index is 1.43. The maximum absolute atomic E-state index is 12.9. The van der Waals surface area contributed by atoms with Crippen LogP contribution in [0.1, 0.15) is 22.3 Å². The highest BCUT2D eigenvalue weighted by Crippen LogP contribution is 2.31. The van der Waals surface area contributed by atoms with Crippen molar-refractivity contribution < 1.29 is 19.1 Å². The first-order chi connectivity index (χ1) is 15.2. The summed E-state index contributed by atoms with van der Waals surface area (Å²) in [5.41, 5.74) is 3.28. The molecule has 0 saturated carbocycles. The van der Waals surface area contributed by atoms with Gasteiger partial charge in [-0.1, -0.05) is 30.3 Å². The Morgan fingerprint density at radius 1 is 0.968 bits per heavy atom. The summed E-state index contributed by atoms with van der Waals surface area (Å²) >= 11 is 0. The van der Waals surface area contributed by atoms with E-state index in [4.69, 9.17) is 9.47 Å². The summed E-state index contributed by atoms with van der Waals surface area (Å²) in [4.78, 5) is 27.1. The first kappa shape index (κ1) is 20.5. The molecule has 3 aromatic rings. The molecule has 0 aliphatic carbocycles. The number of benzene rings is 3. The van der Waals surface area contributed by atoms with E-state index >= 15 is 0 Å². The molecule has 2 amide bonds. The van der Waals surface area contributed by atoms with Gasteiger partial charge >= 0.3 is 0 Å². The molecule has 3 aromatic carbocycles. The van der Waals surface area contributed by atoms with Crippen LogP contribution in [0.3, 0.4) is 0 Å². The minimum absolute atomic E-state index is 0.0106. The van der Waals surface area contributed by atoms with E-state index in [1.54, 1.807) is 19.2 Å². The number of carbonyl (C=O) groups excluding carboxylic acids is 2. The zero-order valence-corrected chi connectivity index (χ0v) is 17.3. The standard InChI is InChI=1S/C25H24N2O4/c1-30-22-11-5-6-12-23(22)31-17-24(28)26-20-13-14-21-19(16-20)10-7-15-27(21)25(29)18-8-3-2-4-9-18/h2-6,8-9,11-14,16H,7,10,15,17H2,1H3,(H,26,28). The van der Waals surface area contributed by atoms with E-state index in [2.05, 4.69) is 5.32 Å². The van der Waals surface area contributed by atoms with Crippen molar-refractivity contribution in [1.29, 1.82) is 0 Å². The van der Waals surface area contributed by atoms with Crippen LogP contribution in [0.15, 0.2) is 72.8 Å². The quantitative estimate of drug-likeness (QED) is 0.650. The summed E-state index contributed by atoms with van der Waals surface area (Å²) in [6.45, 7) is 0.551. The number of anilines is 2. The SMILES string of the molecule is COc1ccccc1OCC(=O)Nc1ccc2c(c1)CCCN2C(=O)c1ccccc1. The van der Waals surface area contributed by atoms with Crippen LogP contribution >= 0.6 is 0 Å². The predicted octanol–water partition coefficient (Wildman–Crippen LogP) is 4.31. The van der Waals surface area contributed by atoms with Gasteiger partial charge in [-0.25, -0.2) is 0 Å². The van der Waals surface area contributed by atoms with E-state index in [0.29, 0.717) is 29.3 Å². The number of aryl methyl sites for hydroxylation is 1. The van der Waals surface area contributed by atoms with Gasteiger partial charge in [-0.05, 0) is 60.9 Å². The fraction of sp³-hybridized carbons (Fsp3) is 0.200. The fourth-order valence-electron chi connectivity index (χ4n) is 3.70. The smallest absolute Gasteiger partial charge is 0.262 e. The first-order valence-corrected chi connectivity index (χ1v) is 10.2. The van der Waals surface area contributed by atoms with Crippen LogP contribution in [0.25, 0.3) is 0 Å². The largest absolute Gasteiger partial charge is 0.493 e. The van der Waals surface area contributed by atoms with Crippen molar-refractivity contribution in [2.45, 2.75) is 12.8 Å². The van der Waals surface area contributed by atoms with E-state index in [1.807, 2.05) is 65.6 Å². The number of hydrogen-bond acceptors (Lipinski definition) is 4. The molecule has 0 spiro atoms. The second-order valence-electron chi connectivity index (χ2n) is 7.26. The normalized spacial score (nSPS) is 12.6. The molecular formula is C25H24N2O4. The summed E-state index contributed by atoms with van der Waals surface area (Å²) in [6, 6.07) is 22.1. The molecule has 31 heavy (non-hydrogen) atoms. The molecule has 1 N–H and O–H groups in total. The van der Waals surface area contributed by atoms with Gasteiger partial charge in [-0.2, -0.15) is 0 Å². The summed E-state index contributed by atoms with van der Waals surface area (Å²) in [5.74, 6) is 0.815. The van der Waals surface area contributed by atoms with E-state index in [-0.39, 0.29) is 18.4 Å². The van der Waals surface area contributed by atoms with Gasteiger partial charge in [0.1, 0.15) is 0 Å². The Bertz CT molecular complexity index is 1080. The number of para-hydroxylation sites is 2. The van der Waals surface area contributed by atoms with E-state index in [0.717, 1.165) is 24.1 Å². The van der Waals surface area contributed by atoms with Gasteiger partial charge < -0.3 is 19.7 Å². The van der Waals surface area contributed by atoms with Gasteiger partial charge in [0.05, 0.1) is 7.11 Å². The zero-order valence-electron chi connectivity index (χ0n) is 17.3. The molecular weight excluding hydrogens is 392 g/mol. The van der Waals surface area contributed by atoms with Gasteiger partial charge in [0, 0.05) is 23.5 Å². The zero-order chi connectivity index (χ0) is 21.6. The van der Waals surface area contributed by atoms with E-state index in [9.17, 15) is 9.59 Å². The number of rotatable bonds is 6. The van der Waals surface area contributed by atoms with E-state index in [1.165, 1.54) is 0 Å². The van der Waals surface area contributed by atoms with Crippen LogP contribution in [0, 0.1) is 0 Å². The third-order valence-electron chi connectivity index (χ3n) is 5.18. The predicted molar refractivity (Wildman–Crippen MR) is 120 cm³/mol. The van der Waals surface area contributed by atoms with Gasteiger partial charge in [0.25, 0.3) is 11.8 Å². The molecule has 0 radical (unpaired) electrons. The Kier molecular flexibility index (Phi) is 6.17. The lowest BCUT2D eigenvalue weighted by Crippen LogP contribution is -2.35. The summed E-state index contributed by atoms with van der Waals surface area (Å²) < 4.78 is 10.8. The third-order valence-corrected chi connectivity index (χ3v) is 5.18. The highest BCUT2D eigenvalue weighted by Gasteiger charge is 2.24. The number of methoxy groups -OCH3 is 1. The fourth-order valence-corrected chi connectivity index (χ4v) is 3.70. The molecule has 6 nitrogen and oxygen atoms in total. The first-order valence-electron chi connectivity index (χ1n) is 10.2. The summed E-state index contributed by atoms with van der Waals surface area (Å²) in [6.07, 6.45) is 1.73. The number of hydrogen-bond donors (Lipinski definition) is 1.